The maximum Gasteiger partial charge on any atom is 0.208 e. The van der Waals surface area contributed by atoms with Crippen molar-refractivity contribution in [2.45, 2.75) is 0 Å². The molecule has 1 N–H and O–H groups in total. The summed E-state index contributed by atoms with van der Waals surface area (Å²) in [5.41, 5.74) is 2.99. The number of benzene rings is 1. The summed E-state index contributed by atoms with van der Waals surface area (Å²) in [5.74, 6) is 1.51. The predicted molar refractivity (Wildman–Crippen MR) is 105 cm³/mol. The molecule has 0 radical (unpaired) electrons. The fourth-order valence-corrected chi connectivity index (χ4v) is 5.34. The van der Waals surface area contributed by atoms with Gasteiger partial charge >= 0.3 is 0 Å². The summed E-state index contributed by atoms with van der Waals surface area (Å²) in [6.45, 7) is 4.54. The van der Waals surface area contributed by atoms with Gasteiger partial charge in [0.2, 0.25) is 5.13 Å². The number of anilines is 1. The molecule has 5 rings (SSSR count). The van der Waals surface area contributed by atoms with Gasteiger partial charge in [-0.1, -0.05) is 29.0 Å². The second-order valence-electron chi connectivity index (χ2n) is 7.22. The fraction of sp³-hybridized carbons (Fsp3) is 0.389. The summed E-state index contributed by atoms with van der Waals surface area (Å²) in [6, 6.07) is 6.02. The summed E-state index contributed by atoms with van der Waals surface area (Å²) in [7, 11) is 2.21. The number of aromatic nitrogens is 4. The first kappa shape index (κ1) is 16.2. The molecule has 2 fully saturated rings. The first-order valence-electron chi connectivity index (χ1n) is 8.73. The first-order chi connectivity index (χ1) is 12.7. The predicted octanol–water partition coefficient (Wildman–Crippen LogP) is 3.25. The lowest BCUT2D eigenvalue weighted by molar-refractivity contribution is 0.387. The van der Waals surface area contributed by atoms with Crippen LogP contribution in [0.25, 0.3) is 21.7 Å². The minimum Gasteiger partial charge on any atom is -0.346 e. The minimum atomic E-state index is 0.686. The lowest BCUT2D eigenvalue weighted by atomic mass is 10.0. The standard InChI is InChI=1S/C18H19ClN6S/c1-24-7-13-9-25(10-14(13)8-24)18-23-22-17(26-18)15-3-2-11(4-16(15)19)12-5-20-21-6-12/h2-6,13-14H,7-10H2,1H3,(H,20,21). The highest BCUT2D eigenvalue weighted by Gasteiger charge is 2.39. The Labute approximate surface area is 160 Å². The molecule has 2 unspecified atom stereocenters. The maximum atomic E-state index is 6.53. The summed E-state index contributed by atoms with van der Waals surface area (Å²) in [4.78, 5) is 4.82. The lowest BCUT2D eigenvalue weighted by Gasteiger charge is -2.17. The van der Waals surface area contributed by atoms with Gasteiger partial charge in [0.05, 0.1) is 11.2 Å². The Morgan fingerprint density at radius 1 is 1.12 bits per heavy atom. The van der Waals surface area contributed by atoms with Crippen molar-refractivity contribution in [1.82, 2.24) is 25.3 Å². The van der Waals surface area contributed by atoms with E-state index < -0.39 is 0 Å². The normalized spacial score (nSPS) is 22.9. The van der Waals surface area contributed by atoms with Crippen LogP contribution in [0, 0.1) is 11.8 Å². The van der Waals surface area contributed by atoms with Crippen molar-refractivity contribution in [3.63, 3.8) is 0 Å². The zero-order valence-electron chi connectivity index (χ0n) is 14.4. The molecule has 4 heterocycles. The third kappa shape index (κ3) is 2.80. The van der Waals surface area contributed by atoms with Crippen molar-refractivity contribution < 1.29 is 0 Å². The second kappa shape index (κ2) is 6.33. The van der Waals surface area contributed by atoms with Gasteiger partial charge in [0.25, 0.3) is 0 Å². The Balaban J connectivity index is 1.37. The Morgan fingerprint density at radius 2 is 1.92 bits per heavy atom. The molecule has 26 heavy (non-hydrogen) atoms. The van der Waals surface area contributed by atoms with Gasteiger partial charge in [-0.2, -0.15) is 5.10 Å². The largest absolute Gasteiger partial charge is 0.346 e. The monoisotopic (exact) mass is 386 g/mol. The van der Waals surface area contributed by atoms with Crippen molar-refractivity contribution in [3.8, 4) is 21.7 Å². The quantitative estimate of drug-likeness (QED) is 0.748. The number of halogens is 1. The van der Waals surface area contributed by atoms with Gasteiger partial charge in [-0.05, 0) is 36.6 Å². The van der Waals surface area contributed by atoms with E-state index in [1.807, 2.05) is 24.4 Å². The van der Waals surface area contributed by atoms with Crippen molar-refractivity contribution >= 4 is 28.1 Å². The molecule has 1 aromatic carbocycles. The molecule has 0 saturated carbocycles. The van der Waals surface area contributed by atoms with Crippen LogP contribution in [-0.2, 0) is 0 Å². The van der Waals surface area contributed by atoms with Crippen LogP contribution >= 0.6 is 22.9 Å². The third-order valence-corrected chi connectivity index (χ3v) is 6.71. The van der Waals surface area contributed by atoms with Crippen LogP contribution in [0.2, 0.25) is 5.02 Å². The van der Waals surface area contributed by atoms with Gasteiger partial charge in [-0.25, -0.2) is 0 Å². The highest BCUT2D eigenvalue weighted by atomic mass is 35.5. The zero-order chi connectivity index (χ0) is 17.7. The van der Waals surface area contributed by atoms with Crippen molar-refractivity contribution in [2.24, 2.45) is 11.8 Å². The van der Waals surface area contributed by atoms with Gasteiger partial charge in [0, 0.05) is 43.5 Å². The Kier molecular flexibility index (Phi) is 3.95. The number of aromatic amines is 1. The Bertz CT molecular complexity index is 910. The molecule has 2 aliphatic heterocycles. The molecule has 0 aliphatic carbocycles. The SMILES string of the molecule is CN1CC2CN(c3nnc(-c4ccc(-c5cn[nH]c5)cc4Cl)s3)CC2C1. The second-order valence-corrected chi connectivity index (χ2v) is 8.58. The molecule has 0 bridgehead atoms. The highest BCUT2D eigenvalue weighted by Crippen LogP contribution is 2.38. The van der Waals surface area contributed by atoms with E-state index >= 15 is 0 Å². The van der Waals surface area contributed by atoms with E-state index in [1.54, 1.807) is 17.5 Å². The number of likely N-dealkylation sites (tertiary alicyclic amines) is 1. The number of rotatable bonds is 3. The van der Waals surface area contributed by atoms with Crippen molar-refractivity contribution in [2.75, 3.05) is 38.1 Å². The number of H-pyrrole nitrogens is 1. The van der Waals surface area contributed by atoms with E-state index in [4.69, 9.17) is 11.6 Å². The molecule has 6 nitrogen and oxygen atoms in total. The topological polar surface area (TPSA) is 60.9 Å². The van der Waals surface area contributed by atoms with Crippen LogP contribution in [0.15, 0.2) is 30.6 Å². The Morgan fingerprint density at radius 3 is 2.62 bits per heavy atom. The van der Waals surface area contributed by atoms with Crippen molar-refractivity contribution in [1.29, 1.82) is 0 Å². The third-order valence-electron chi connectivity index (χ3n) is 5.38. The van der Waals surface area contributed by atoms with E-state index in [2.05, 4.69) is 37.2 Å². The number of hydrogen-bond donors (Lipinski definition) is 1. The summed E-state index contributed by atoms with van der Waals surface area (Å²) in [6.07, 6.45) is 3.64. The average molecular weight is 387 g/mol. The first-order valence-corrected chi connectivity index (χ1v) is 9.93. The minimum absolute atomic E-state index is 0.686. The summed E-state index contributed by atoms with van der Waals surface area (Å²) >= 11 is 8.16. The van der Waals surface area contributed by atoms with Gasteiger partial charge in [0.15, 0.2) is 5.01 Å². The number of nitrogens with one attached hydrogen (secondary N) is 1. The molecule has 134 valence electrons. The molecule has 8 heteroatoms. The zero-order valence-corrected chi connectivity index (χ0v) is 16.0. The molecule has 3 aromatic rings. The smallest absolute Gasteiger partial charge is 0.208 e. The van der Waals surface area contributed by atoms with Gasteiger partial charge in [0.1, 0.15) is 0 Å². The Hall–Kier alpha value is -1.96. The summed E-state index contributed by atoms with van der Waals surface area (Å²) < 4.78 is 0. The highest BCUT2D eigenvalue weighted by molar-refractivity contribution is 7.18. The number of hydrogen-bond acceptors (Lipinski definition) is 6. The average Bonchev–Trinajstić information content (AvgIpc) is 3.38. The lowest BCUT2D eigenvalue weighted by Crippen LogP contribution is -2.26. The number of fused-ring (bicyclic) bond motifs is 1. The van der Waals surface area contributed by atoms with Gasteiger partial charge in [-0.3, -0.25) is 5.10 Å². The molecule has 2 atom stereocenters. The molecule has 0 amide bonds. The molecular weight excluding hydrogens is 368 g/mol. The molecule has 2 aromatic heterocycles. The fourth-order valence-electron chi connectivity index (χ4n) is 4.11. The van der Waals surface area contributed by atoms with E-state index in [-0.39, 0.29) is 0 Å². The van der Waals surface area contributed by atoms with Crippen LogP contribution in [0.4, 0.5) is 5.13 Å². The van der Waals surface area contributed by atoms with Crippen LogP contribution in [0.1, 0.15) is 0 Å². The molecule has 2 saturated heterocycles. The summed E-state index contributed by atoms with van der Waals surface area (Å²) in [5, 5.41) is 18.2. The van der Waals surface area contributed by atoms with E-state index in [9.17, 15) is 0 Å². The maximum absolute atomic E-state index is 6.53. The van der Waals surface area contributed by atoms with Crippen LogP contribution in [0.3, 0.4) is 0 Å². The van der Waals surface area contributed by atoms with E-state index in [0.717, 1.165) is 51.8 Å². The van der Waals surface area contributed by atoms with Crippen LogP contribution < -0.4 is 4.90 Å². The molecular formula is C18H19ClN6S. The van der Waals surface area contributed by atoms with Crippen molar-refractivity contribution in [3.05, 3.63) is 35.6 Å². The van der Waals surface area contributed by atoms with Gasteiger partial charge in [-0.15, -0.1) is 10.2 Å². The van der Waals surface area contributed by atoms with Crippen LogP contribution in [0.5, 0.6) is 0 Å². The molecule has 2 aliphatic rings. The van der Waals surface area contributed by atoms with E-state index in [0.29, 0.717) is 5.02 Å². The van der Waals surface area contributed by atoms with E-state index in [1.165, 1.54) is 13.1 Å². The van der Waals surface area contributed by atoms with Crippen LogP contribution in [-0.4, -0.2) is 58.5 Å². The van der Waals surface area contributed by atoms with Gasteiger partial charge < -0.3 is 9.80 Å². The number of nitrogens with zero attached hydrogens (tertiary/aromatic N) is 5. The molecule has 0 spiro atoms.